The van der Waals surface area contributed by atoms with E-state index in [1.54, 1.807) is 0 Å². The second-order valence-electron chi connectivity index (χ2n) is 3.84. The van der Waals surface area contributed by atoms with Gasteiger partial charge in [-0.2, -0.15) is 0 Å². The second kappa shape index (κ2) is 10.3. The molecule has 0 aromatic rings. The standard InChI is InChI=1S/C11H23IN2O2/c1-4-6-14(7-5-12)8-11(15)16-9-10(2)13-3/h10,13H,4-9H2,1-3H3/t10-/m1/s1. The van der Waals surface area contributed by atoms with E-state index in [-0.39, 0.29) is 12.0 Å². The summed E-state index contributed by atoms with van der Waals surface area (Å²) in [4.78, 5) is 13.7. The lowest BCUT2D eigenvalue weighted by Gasteiger charge is -2.20. The lowest BCUT2D eigenvalue weighted by Crippen LogP contribution is -2.35. The predicted molar refractivity (Wildman–Crippen MR) is 75.1 cm³/mol. The second-order valence-corrected chi connectivity index (χ2v) is 4.92. The first-order chi connectivity index (χ1) is 7.63. The van der Waals surface area contributed by atoms with E-state index in [0.29, 0.717) is 13.2 Å². The Morgan fingerprint density at radius 1 is 1.50 bits per heavy atom. The first-order valence-electron chi connectivity index (χ1n) is 5.75. The number of ether oxygens (including phenoxy) is 1. The third-order valence-electron chi connectivity index (χ3n) is 2.28. The Balaban J connectivity index is 3.80. The van der Waals surface area contributed by atoms with Crippen molar-refractivity contribution in [3.05, 3.63) is 0 Å². The summed E-state index contributed by atoms with van der Waals surface area (Å²) in [6, 6.07) is 0.216. The number of alkyl halides is 1. The molecule has 16 heavy (non-hydrogen) atoms. The molecule has 0 saturated heterocycles. The van der Waals surface area contributed by atoms with E-state index in [4.69, 9.17) is 4.74 Å². The highest BCUT2D eigenvalue weighted by molar-refractivity contribution is 14.1. The van der Waals surface area contributed by atoms with Crippen molar-refractivity contribution >= 4 is 28.6 Å². The van der Waals surface area contributed by atoms with Crippen molar-refractivity contribution in [1.82, 2.24) is 10.2 Å². The summed E-state index contributed by atoms with van der Waals surface area (Å²) >= 11 is 2.32. The molecule has 4 nitrogen and oxygen atoms in total. The van der Waals surface area contributed by atoms with Gasteiger partial charge < -0.3 is 10.1 Å². The Kier molecular flexibility index (Phi) is 10.4. The van der Waals surface area contributed by atoms with Gasteiger partial charge in [0.1, 0.15) is 6.61 Å². The molecule has 0 aromatic carbocycles. The summed E-state index contributed by atoms with van der Waals surface area (Å²) in [5.74, 6) is -0.125. The van der Waals surface area contributed by atoms with Crippen LogP contribution >= 0.6 is 22.6 Å². The molecule has 1 N–H and O–H groups in total. The van der Waals surface area contributed by atoms with Gasteiger partial charge in [0, 0.05) is 17.0 Å². The molecule has 0 aliphatic rings. The molecule has 5 heteroatoms. The van der Waals surface area contributed by atoms with Crippen LogP contribution in [0.2, 0.25) is 0 Å². The summed E-state index contributed by atoms with van der Waals surface area (Å²) < 4.78 is 6.21. The minimum absolute atomic E-state index is 0.125. The smallest absolute Gasteiger partial charge is 0.320 e. The summed E-state index contributed by atoms with van der Waals surface area (Å²) in [6.07, 6.45) is 1.07. The van der Waals surface area contributed by atoms with Crippen LogP contribution in [0.1, 0.15) is 20.3 Å². The maximum atomic E-state index is 11.5. The summed E-state index contributed by atoms with van der Waals surface area (Å²) in [7, 11) is 1.86. The molecule has 0 heterocycles. The predicted octanol–water partition coefficient (Wildman–Crippen LogP) is 1.28. The molecular formula is C11H23IN2O2. The zero-order chi connectivity index (χ0) is 12.4. The minimum atomic E-state index is -0.125. The average Bonchev–Trinajstić information content (AvgIpc) is 2.26. The largest absolute Gasteiger partial charge is 0.463 e. The highest BCUT2D eigenvalue weighted by Crippen LogP contribution is 1.96. The molecular weight excluding hydrogens is 319 g/mol. The SMILES string of the molecule is CCCN(CCI)CC(=O)OC[C@@H](C)NC. The quantitative estimate of drug-likeness (QED) is 0.390. The number of hydrogen-bond donors (Lipinski definition) is 1. The monoisotopic (exact) mass is 342 g/mol. The maximum absolute atomic E-state index is 11.5. The minimum Gasteiger partial charge on any atom is -0.463 e. The summed E-state index contributed by atoms with van der Waals surface area (Å²) in [6.45, 7) is 6.87. The molecule has 0 spiro atoms. The van der Waals surface area contributed by atoms with E-state index in [1.807, 2.05) is 14.0 Å². The molecule has 0 fully saturated rings. The van der Waals surface area contributed by atoms with Crippen LogP contribution < -0.4 is 5.32 Å². The zero-order valence-electron chi connectivity index (χ0n) is 10.5. The average molecular weight is 342 g/mol. The maximum Gasteiger partial charge on any atom is 0.320 e. The molecule has 0 radical (unpaired) electrons. The molecule has 96 valence electrons. The van der Waals surface area contributed by atoms with Crippen molar-refractivity contribution in [3.8, 4) is 0 Å². The van der Waals surface area contributed by atoms with Crippen LogP contribution in [0.15, 0.2) is 0 Å². The molecule has 0 saturated carbocycles. The van der Waals surface area contributed by atoms with Crippen LogP contribution in [0, 0.1) is 0 Å². The van der Waals surface area contributed by atoms with Crippen LogP contribution in [0.5, 0.6) is 0 Å². The number of rotatable bonds is 9. The van der Waals surface area contributed by atoms with E-state index in [9.17, 15) is 4.79 Å². The van der Waals surface area contributed by atoms with Gasteiger partial charge in [-0.25, -0.2) is 0 Å². The van der Waals surface area contributed by atoms with Crippen LogP contribution in [-0.4, -0.2) is 54.6 Å². The molecule has 0 aliphatic carbocycles. The van der Waals surface area contributed by atoms with Gasteiger partial charge in [-0.3, -0.25) is 9.69 Å². The van der Waals surface area contributed by atoms with E-state index in [1.165, 1.54) is 0 Å². The lowest BCUT2D eigenvalue weighted by atomic mass is 10.4. The van der Waals surface area contributed by atoms with Crippen LogP contribution in [0.3, 0.4) is 0 Å². The lowest BCUT2D eigenvalue weighted by molar-refractivity contribution is -0.145. The van der Waals surface area contributed by atoms with Crippen molar-refractivity contribution in [3.63, 3.8) is 0 Å². The number of halogens is 1. The number of hydrogen-bond acceptors (Lipinski definition) is 4. The Labute approximate surface area is 112 Å². The molecule has 0 aliphatic heterocycles. The number of carbonyl (C=O) groups is 1. The van der Waals surface area contributed by atoms with Gasteiger partial charge in [-0.1, -0.05) is 29.5 Å². The van der Waals surface area contributed by atoms with Gasteiger partial charge in [0.25, 0.3) is 0 Å². The van der Waals surface area contributed by atoms with E-state index >= 15 is 0 Å². The Morgan fingerprint density at radius 2 is 2.19 bits per heavy atom. The topological polar surface area (TPSA) is 41.6 Å². The van der Waals surface area contributed by atoms with Crippen molar-refractivity contribution in [2.45, 2.75) is 26.3 Å². The van der Waals surface area contributed by atoms with E-state index in [2.05, 4.69) is 39.7 Å². The molecule has 1 atom stereocenters. The van der Waals surface area contributed by atoms with Crippen molar-refractivity contribution in [1.29, 1.82) is 0 Å². The van der Waals surface area contributed by atoms with Crippen LogP contribution in [0.25, 0.3) is 0 Å². The summed E-state index contributed by atoms with van der Waals surface area (Å²) in [5.41, 5.74) is 0. The fourth-order valence-corrected chi connectivity index (χ4v) is 1.92. The van der Waals surface area contributed by atoms with Gasteiger partial charge in [-0.05, 0) is 26.9 Å². The summed E-state index contributed by atoms with van der Waals surface area (Å²) in [5, 5.41) is 3.03. The van der Waals surface area contributed by atoms with Gasteiger partial charge in [-0.15, -0.1) is 0 Å². The van der Waals surface area contributed by atoms with E-state index < -0.39 is 0 Å². The number of nitrogens with one attached hydrogen (secondary N) is 1. The molecule has 0 amide bonds. The van der Waals surface area contributed by atoms with E-state index in [0.717, 1.165) is 23.9 Å². The van der Waals surface area contributed by atoms with Crippen molar-refractivity contribution < 1.29 is 9.53 Å². The van der Waals surface area contributed by atoms with Gasteiger partial charge >= 0.3 is 5.97 Å². The normalized spacial score (nSPS) is 12.8. The Bertz CT molecular complexity index is 185. The zero-order valence-corrected chi connectivity index (χ0v) is 12.6. The molecule has 0 aromatic heterocycles. The van der Waals surface area contributed by atoms with Crippen molar-refractivity contribution in [2.75, 3.05) is 37.7 Å². The first-order valence-corrected chi connectivity index (χ1v) is 7.27. The fourth-order valence-electron chi connectivity index (χ4n) is 1.24. The molecule has 0 unspecified atom stereocenters. The first kappa shape index (κ1) is 16.1. The molecule has 0 bridgehead atoms. The third-order valence-corrected chi connectivity index (χ3v) is 2.76. The fraction of sp³-hybridized carbons (Fsp3) is 0.909. The number of carbonyl (C=O) groups excluding carboxylic acids is 1. The Hall–Kier alpha value is 0.120. The highest BCUT2D eigenvalue weighted by atomic mass is 127. The van der Waals surface area contributed by atoms with Crippen LogP contribution in [0.4, 0.5) is 0 Å². The third kappa shape index (κ3) is 8.29. The van der Waals surface area contributed by atoms with Crippen molar-refractivity contribution in [2.24, 2.45) is 0 Å². The van der Waals surface area contributed by atoms with Gasteiger partial charge in [0.2, 0.25) is 0 Å². The highest BCUT2D eigenvalue weighted by Gasteiger charge is 2.11. The van der Waals surface area contributed by atoms with Crippen LogP contribution in [-0.2, 0) is 9.53 Å². The number of esters is 1. The number of likely N-dealkylation sites (N-methyl/N-ethyl adjacent to an activating group) is 1. The Morgan fingerprint density at radius 3 is 2.69 bits per heavy atom. The van der Waals surface area contributed by atoms with Gasteiger partial charge in [0.05, 0.1) is 6.54 Å². The molecule has 0 rings (SSSR count). The number of nitrogens with zero attached hydrogens (tertiary/aromatic N) is 1. The van der Waals surface area contributed by atoms with Gasteiger partial charge in [0.15, 0.2) is 0 Å².